The summed E-state index contributed by atoms with van der Waals surface area (Å²) in [6, 6.07) is 0. The molecule has 2 N–H and O–H groups in total. The quantitative estimate of drug-likeness (QED) is 0.626. The van der Waals surface area contributed by atoms with Gasteiger partial charge in [-0.2, -0.15) is 0 Å². The van der Waals surface area contributed by atoms with Crippen LogP contribution in [0.15, 0.2) is 0 Å². The van der Waals surface area contributed by atoms with Crippen LogP contribution < -0.4 is 5.73 Å². The molecule has 3 nitrogen and oxygen atoms in total. The molecule has 1 fully saturated rings. The Morgan fingerprint density at radius 2 is 1.68 bits per heavy atom. The summed E-state index contributed by atoms with van der Waals surface area (Å²) < 4.78 is 0. The number of hydrogen-bond donors (Lipinski definition) is 1. The maximum absolute atomic E-state index is 6.09. The van der Waals surface area contributed by atoms with Gasteiger partial charge in [0.25, 0.3) is 0 Å². The molecule has 0 aliphatic heterocycles. The zero-order chi connectivity index (χ0) is 14.3. The van der Waals surface area contributed by atoms with Crippen LogP contribution in [0.5, 0.6) is 0 Å². The first-order valence-electron chi connectivity index (χ1n) is 8.27. The van der Waals surface area contributed by atoms with E-state index in [-0.39, 0.29) is 5.54 Å². The molecule has 0 spiro atoms. The van der Waals surface area contributed by atoms with Crippen molar-refractivity contribution >= 4 is 0 Å². The zero-order valence-corrected chi connectivity index (χ0v) is 13.6. The Bertz CT molecular complexity index is 236. The summed E-state index contributed by atoms with van der Waals surface area (Å²) in [5, 5.41) is 0. The van der Waals surface area contributed by atoms with Crippen LogP contribution in [0.4, 0.5) is 0 Å². The molecule has 1 rings (SSSR count). The van der Waals surface area contributed by atoms with E-state index in [1.54, 1.807) is 0 Å². The molecule has 1 saturated carbocycles. The second kappa shape index (κ2) is 8.23. The number of nitrogens with zero attached hydrogens (tertiary/aromatic N) is 2. The summed E-state index contributed by atoms with van der Waals surface area (Å²) >= 11 is 0. The number of nitrogens with two attached hydrogens (primary N) is 1. The largest absolute Gasteiger partial charge is 0.329 e. The third-order valence-corrected chi connectivity index (χ3v) is 4.81. The molecule has 0 bridgehead atoms. The van der Waals surface area contributed by atoms with Gasteiger partial charge >= 0.3 is 0 Å². The van der Waals surface area contributed by atoms with Crippen LogP contribution in [0.3, 0.4) is 0 Å². The molecule has 0 saturated heterocycles. The number of likely N-dealkylation sites (N-methyl/N-ethyl adjacent to an activating group) is 1. The Morgan fingerprint density at radius 1 is 1.05 bits per heavy atom. The summed E-state index contributed by atoms with van der Waals surface area (Å²) in [6.45, 7) is 15.8. The Balaban J connectivity index is 2.40. The fourth-order valence-corrected chi connectivity index (χ4v) is 3.12. The number of hydrogen-bond acceptors (Lipinski definition) is 3. The predicted molar refractivity (Wildman–Crippen MR) is 84.5 cm³/mol. The van der Waals surface area contributed by atoms with E-state index >= 15 is 0 Å². The van der Waals surface area contributed by atoms with Gasteiger partial charge in [-0.25, -0.2) is 0 Å². The highest BCUT2D eigenvalue weighted by Gasteiger charge is 2.36. The molecule has 1 unspecified atom stereocenters. The molecular weight excluding hydrogens is 234 g/mol. The minimum absolute atomic E-state index is 0.221. The van der Waals surface area contributed by atoms with Crippen LogP contribution in [0.1, 0.15) is 53.4 Å². The first-order valence-corrected chi connectivity index (χ1v) is 8.27. The van der Waals surface area contributed by atoms with Gasteiger partial charge in [-0.15, -0.1) is 0 Å². The maximum Gasteiger partial charge on any atom is 0.0306 e. The Morgan fingerprint density at radius 3 is 2.11 bits per heavy atom. The van der Waals surface area contributed by atoms with Gasteiger partial charge in [-0.1, -0.05) is 33.6 Å². The van der Waals surface area contributed by atoms with Crippen molar-refractivity contribution in [2.24, 2.45) is 11.7 Å². The molecule has 0 radical (unpaired) electrons. The number of rotatable bonds is 11. The normalized spacial score (nSPS) is 19.1. The molecule has 0 aromatic rings. The summed E-state index contributed by atoms with van der Waals surface area (Å²) in [4.78, 5) is 5.13. The van der Waals surface area contributed by atoms with E-state index in [9.17, 15) is 0 Å². The van der Waals surface area contributed by atoms with Crippen molar-refractivity contribution in [1.82, 2.24) is 9.80 Å². The first kappa shape index (κ1) is 16.9. The van der Waals surface area contributed by atoms with Gasteiger partial charge in [0.2, 0.25) is 0 Å². The van der Waals surface area contributed by atoms with Gasteiger partial charge in [-0.05, 0) is 58.4 Å². The van der Waals surface area contributed by atoms with Gasteiger partial charge in [0.15, 0.2) is 0 Å². The molecule has 3 heteroatoms. The standard InChI is InChI=1S/C16H35N3/c1-5-18(6-2)11-8-12-19(7-3)16(4,14-17)13-15-9-10-15/h15H,5-14,17H2,1-4H3. The van der Waals surface area contributed by atoms with Crippen LogP contribution in [-0.2, 0) is 0 Å². The lowest BCUT2D eigenvalue weighted by molar-refractivity contribution is 0.0959. The van der Waals surface area contributed by atoms with Gasteiger partial charge in [0.1, 0.15) is 0 Å². The Labute approximate surface area is 120 Å². The van der Waals surface area contributed by atoms with Gasteiger partial charge in [0, 0.05) is 12.1 Å². The van der Waals surface area contributed by atoms with Crippen LogP contribution in [0.2, 0.25) is 0 Å². The molecular formula is C16H35N3. The van der Waals surface area contributed by atoms with Crippen molar-refractivity contribution in [1.29, 1.82) is 0 Å². The van der Waals surface area contributed by atoms with Crippen LogP contribution in [0.25, 0.3) is 0 Å². The fraction of sp³-hybridized carbons (Fsp3) is 1.00. The van der Waals surface area contributed by atoms with Crippen LogP contribution >= 0.6 is 0 Å². The minimum atomic E-state index is 0.221. The monoisotopic (exact) mass is 269 g/mol. The van der Waals surface area contributed by atoms with Crippen molar-refractivity contribution < 1.29 is 0 Å². The lowest BCUT2D eigenvalue weighted by Gasteiger charge is -2.41. The van der Waals surface area contributed by atoms with Crippen molar-refractivity contribution in [2.45, 2.75) is 58.9 Å². The zero-order valence-electron chi connectivity index (χ0n) is 13.6. The first-order chi connectivity index (χ1) is 9.09. The fourth-order valence-electron chi connectivity index (χ4n) is 3.12. The van der Waals surface area contributed by atoms with E-state index in [1.165, 1.54) is 51.9 Å². The second-order valence-electron chi connectivity index (χ2n) is 6.31. The van der Waals surface area contributed by atoms with Gasteiger partial charge in [-0.3, -0.25) is 4.90 Å². The predicted octanol–water partition coefficient (Wildman–Crippen LogP) is 2.56. The lowest BCUT2D eigenvalue weighted by atomic mass is 9.92. The van der Waals surface area contributed by atoms with Gasteiger partial charge in [0.05, 0.1) is 0 Å². The van der Waals surface area contributed by atoms with Crippen LogP contribution in [0, 0.1) is 5.92 Å². The highest BCUT2D eigenvalue weighted by atomic mass is 15.2. The summed E-state index contributed by atoms with van der Waals surface area (Å²) in [7, 11) is 0. The molecule has 0 aromatic heterocycles. The van der Waals surface area contributed by atoms with Gasteiger partial charge < -0.3 is 10.6 Å². The Kier molecular flexibility index (Phi) is 7.33. The Hall–Kier alpha value is -0.120. The highest BCUT2D eigenvalue weighted by Crippen LogP contribution is 2.38. The summed E-state index contributed by atoms with van der Waals surface area (Å²) in [5.41, 5.74) is 6.31. The van der Waals surface area contributed by atoms with Crippen molar-refractivity contribution in [2.75, 3.05) is 39.3 Å². The van der Waals surface area contributed by atoms with Crippen molar-refractivity contribution in [3.05, 3.63) is 0 Å². The molecule has 1 aliphatic carbocycles. The molecule has 1 aliphatic rings. The average molecular weight is 269 g/mol. The third kappa shape index (κ3) is 5.41. The SMILES string of the molecule is CCN(CC)CCCN(CC)C(C)(CN)CC1CC1. The van der Waals surface area contributed by atoms with E-state index in [0.29, 0.717) is 0 Å². The van der Waals surface area contributed by atoms with E-state index < -0.39 is 0 Å². The van der Waals surface area contributed by atoms with E-state index in [4.69, 9.17) is 5.73 Å². The molecule has 0 aromatic carbocycles. The average Bonchev–Trinajstić information content (AvgIpc) is 3.22. The molecule has 1 atom stereocenters. The smallest absolute Gasteiger partial charge is 0.0306 e. The van der Waals surface area contributed by atoms with Crippen LogP contribution in [-0.4, -0.2) is 54.6 Å². The highest BCUT2D eigenvalue weighted by molar-refractivity contribution is 4.92. The maximum atomic E-state index is 6.09. The molecule has 114 valence electrons. The summed E-state index contributed by atoms with van der Waals surface area (Å²) in [6.07, 6.45) is 5.40. The molecule has 19 heavy (non-hydrogen) atoms. The third-order valence-electron chi connectivity index (χ3n) is 4.81. The molecule has 0 heterocycles. The van der Waals surface area contributed by atoms with E-state index in [2.05, 4.69) is 37.5 Å². The molecule has 0 amide bonds. The van der Waals surface area contributed by atoms with Crippen molar-refractivity contribution in [3.8, 4) is 0 Å². The minimum Gasteiger partial charge on any atom is -0.329 e. The topological polar surface area (TPSA) is 32.5 Å². The lowest BCUT2D eigenvalue weighted by Crippen LogP contribution is -2.52. The summed E-state index contributed by atoms with van der Waals surface area (Å²) in [5.74, 6) is 0.949. The van der Waals surface area contributed by atoms with E-state index in [0.717, 1.165) is 19.0 Å². The van der Waals surface area contributed by atoms with E-state index in [1.807, 2.05) is 0 Å². The second-order valence-corrected chi connectivity index (χ2v) is 6.31. The van der Waals surface area contributed by atoms with Crippen molar-refractivity contribution in [3.63, 3.8) is 0 Å².